The van der Waals surface area contributed by atoms with Gasteiger partial charge >= 0.3 is 0 Å². The fourth-order valence-corrected chi connectivity index (χ4v) is 2.17. The Hall–Kier alpha value is -2.43. The smallest absolute Gasteiger partial charge is 0.157 e. The molecular formula is C14H14N4O. The molecule has 0 N–H and O–H groups in total. The number of Topliss-reactive ketones (excluding diaryl/α,β-unsaturated/α-hetero) is 1. The third-order valence-electron chi connectivity index (χ3n) is 3.03. The largest absolute Gasteiger partial charge is 0.323 e. The number of para-hydroxylation sites is 2. The summed E-state index contributed by atoms with van der Waals surface area (Å²) in [7, 11) is 1.84. The number of hydrogen-bond donors (Lipinski definition) is 0. The lowest BCUT2D eigenvalue weighted by atomic mass is 10.2. The molecule has 0 amide bonds. The van der Waals surface area contributed by atoms with Crippen molar-refractivity contribution in [1.82, 2.24) is 19.3 Å². The lowest BCUT2D eigenvalue weighted by Gasteiger charge is -2.02. The molecule has 0 saturated carbocycles. The summed E-state index contributed by atoms with van der Waals surface area (Å²) in [6.07, 6.45) is 5.71. The van der Waals surface area contributed by atoms with E-state index < -0.39 is 0 Å². The van der Waals surface area contributed by atoms with Crippen LogP contribution in [0.4, 0.5) is 0 Å². The van der Waals surface area contributed by atoms with E-state index in [4.69, 9.17) is 0 Å². The Labute approximate surface area is 110 Å². The number of hydrogen-bond acceptors (Lipinski definition) is 3. The maximum absolute atomic E-state index is 12.0. The van der Waals surface area contributed by atoms with Crippen molar-refractivity contribution in [3.63, 3.8) is 0 Å². The van der Waals surface area contributed by atoms with Gasteiger partial charge in [-0.15, -0.1) is 0 Å². The Morgan fingerprint density at radius 3 is 2.95 bits per heavy atom. The highest BCUT2D eigenvalue weighted by molar-refractivity contribution is 5.83. The minimum atomic E-state index is 0.149. The van der Waals surface area contributed by atoms with Crippen LogP contribution < -0.4 is 0 Å². The number of imidazole rings is 1. The zero-order valence-electron chi connectivity index (χ0n) is 10.7. The Morgan fingerprint density at radius 1 is 1.32 bits per heavy atom. The molecule has 5 nitrogen and oxygen atoms in total. The first-order valence-electron chi connectivity index (χ1n) is 6.11. The zero-order valence-corrected chi connectivity index (χ0v) is 10.7. The van der Waals surface area contributed by atoms with Crippen LogP contribution in [0.1, 0.15) is 5.56 Å². The summed E-state index contributed by atoms with van der Waals surface area (Å²) < 4.78 is 3.59. The lowest BCUT2D eigenvalue weighted by molar-refractivity contribution is -0.118. The highest BCUT2D eigenvalue weighted by Gasteiger charge is 2.08. The maximum Gasteiger partial charge on any atom is 0.157 e. The number of carbonyl (C=O) groups excluding carboxylic acids is 1. The Kier molecular flexibility index (Phi) is 2.87. The third-order valence-corrected chi connectivity index (χ3v) is 3.03. The van der Waals surface area contributed by atoms with Crippen LogP contribution in [0.2, 0.25) is 0 Å². The van der Waals surface area contributed by atoms with E-state index >= 15 is 0 Å². The average molecular weight is 254 g/mol. The van der Waals surface area contributed by atoms with E-state index in [0.717, 1.165) is 16.6 Å². The molecule has 2 aromatic heterocycles. The standard InChI is InChI=1S/C14H14N4O/c1-17-8-11(7-16-17)6-12(19)9-18-10-15-13-4-2-3-5-14(13)18/h2-5,7-8,10H,6,9H2,1H3. The van der Waals surface area contributed by atoms with Crippen LogP contribution in [-0.4, -0.2) is 25.1 Å². The van der Waals surface area contributed by atoms with Crippen molar-refractivity contribution in [3.8, 4) is 0 Å². The number of aryl methyl sites for hydroxylation is 1. The molecule has 5 heteroatoms. The van der Waals surface area contributed by atoms with Gasteiger partial charge in [0.1, 0.15) is 0 Å². The van der Waals surface area contributed by atoms with Crippen LogP contribution in [0.3, 0.4) is 0 Å². The van der Waals surface area contributed by atoms with Gasteiger partial charge in [-0.1, -0.05) is 12.1 Å². The molecule has 0 aliphatic heterocycles. The second kappa shape index (κ2) is 4.68. The topological polar surface area (TPSA) is 52.7 Å². The van der Waals surface area contributed by atoms with Gasteiger partial charge in [0.25, 0.3) is 0 Å². The number of ketones is 1. The first-order chi connectivity index (χ1) is 9.22. The summed E-state index contributed by atoms with van der Waals surface area (Å²) in [6.45, 7) is 0.343. The molecule has 0 saturated heterocycles. The number of aromatic nitrogens is 4. The molecule has 0 atom stereocenters. The van der Waals surface area contributed by atoms with Crippen molar-refractivity contribution in [2.45, 2.75) is 13.0 Å². The van der Waals surface area contributed by atoms with E-state index in [2.05, 4.69) is 10.1 Å². The SMILES string of the molecule is Cn1cc(CC(=O)Cn2cnc3ccccc32)cn1. The van der Waals surface area contributed by atoms with Gasteiger partial charge in [-0.2, -0.15) is 5.10 Å². The van der Waals surface area contributed by atoms with Gasteiger partial charge in [-0.05, 0) is 17.7 Å². The molecule has 0 fully saturated rings. The van der Waals surface area contributed by atoms with Crippen molar-refractivity contribution in [3.05, 3.63) is 48.5 Å². The monoisotopic (exact) mass is 254 g/mol. The predicted molar refractivity (Wildman–Crippen MR) is 71.7 cm³/mol. The number of nitrogens with zero attached hydrogens (tertiary/aromatic N) is 4. The zero-order chi connectivity index (χ0) is 13.2. The van der Waals surface area contributed by atoms with E-state index in [1.165, 1.54) is 0 Å². The Morgan fingerprint density at radius 2 is 2.16 bits per heavy atom. The summed E-state index contributed by atoms with van der Waals surface area (Å²) >= 11 is 0. The normalized spacial score (nSPS) is 11.0. The molecule has 3 rings (SSSR count). The second-order valence-corrected chi connectivity index (χ2v) is 4.60. The van der Waals surface area contributed by atoms with E-state index in [0.29, 0.717) is 13.0 Å². The summed E-state index contributed by atoms with van der Waals surface area (Å²) in [4.78, 5) is 16.3. The van der Waals surface area contributed by atoms with Gasteiger partial charge < -0.3 is 4.57 Å². The molecule has 0 spiro atoms. The average Bonchev–Trinajstić information content (AvgIpc) is 2.97. The predicted octanol–water partition coefficient (Wildman–Crippen LogP) is 1.58. The number of benzene rings is 1. The van der Waals surface area contributed by atoms with Crippen molar-refractivity contribution in [2.24, 2.45) is 7.05 Å². The molecular weight excluding hydrogens is 240 g/mol. The third kappa shape index (κ3) is 2.40. The van der Waals surface area contributed by atoms with E-state index in [1.54, 1.807) is 17.2 Å². The van der Waals surface area contributed by atoms with Gasteiger partial charge in [-0.25, -0.2) is 4.98 Å². The molecule has 1 aromatic carbocycles. The number of fused-ring (bicyclic) bond motifs is 1. The highest BCUT2D eigenvalue weighted by Crippen LogP contribution is 2.12. The minimum absolute atomic E-state index is 0.149. The summed E-state index contributed by atoms with van der Waals surface area (Å²) in [5.41, 5.74) is 2.84. The van der Waals surface area contributed by atoms with Crippen LogP contribution in [0.15, 0.2) is 43.0 Å². The number of rotatable bonds is 4. The first-order valence-corrected chi connectivity index (χ1v) is 6.11. The summed E-state index contributed by atoms with van der Waals surface area (Å²) in [5, 5.41) is 4.06. The second-order valence-electron chi connectivity index (χ2n) is 4.60. The van der Waals surface area contributed by atoms with Gasteiger partial charge in [-0.3, -0.25) is 9.48 Å². The Balaban J connectivity index is 1.76. The van der Waals surface area contributed by atoms with Crippen LogP contribution in [-0.2, 0) is 24.8 Å². The van der Waals surface area contributed by atoms with Crippen molar-refractivity contribution in [1.29, 1.82) is 0 Å². The highest BCUT2D eigenvalue weighted by atomic mass is 16.1. The minimum Gasteiger partial charge on any atom is -0.323 e. The maximum atomic E-state index is 12.0. The molecule has 0 aliphatic rings. The van der Waals surface area contributed by atoms with Crippen LogP contribution >= 0.6 is 0 Å². The van der Waals surface area contributed by atoms with E-state index in [9.17, 15) is 4.79 Å². The van der Waals surface area contributed by atoms with Gasteiger partial charge in [0, 0.05) is 19.7 Å². The van der Waals surface area contributed by atoms with Gasteiger partial charge in [0.15, 0.2) is 5.78 Å². The first kappa shape index (κ1) is 11.6. The van der Waals surface area contributed by atoms with Crippen molar-refractivity contribution >= 4 is 16.8 Å². The molecule has 0 unspecified atom stereocenters. The molecule has 0 bridgehead atoms. The molecule has 96 valence electrons. The van der Waals surface area contributed by atoms with E-state index in [-0.39, 0.29) is 5.78 Å². The van der Waals surface area contributed by atoms with Crippen LogP contribution in [0, 0.1) is 0 Å². The van der Waals surface area contributed by atoms with Gasteiger partial charge in [0.2, 0.25) is 0 Å². The molecule has 0 radical (unpaired) electrons. The fourth-order valence-electron chi connectivity index (χ4n) is 2.17. The molecule has 2 heterocycles. The van der Waals surface area contributed by atoms with Crippen LogP contribution in [0.5, 0.6) is 0 Å². The molecule has 3 aromatic rings. The van der Waals surface area contributed by atoms with Crippen molar-refractivity contribution in [2.75, 3.05) is 0 Å². The lowest BCUT2D eigenvalue weighted by Crippen LogP contribution is -2.11. The summed E-state index contributed by atoms with van der Waals surface area (Å²) in [6, 6.07) is 7.81. The summed E-state index contributed by atoms with van der Waals surface area (Å²) in [5.74, 6) is 0.149. The number of carbonyl (C=O) groups is 1. The van der Waals surface area contributed by atoms with Gasteiger partial charge in [0.05, 0.1) is 30.1 Å². The molecule has 0 aliphatic carbocycles. The fraction of sp³-hybridized carbons (Fsp3) is 0.214. The van der Waals surface area contributed by atoms with Crippen molar-refractivity contribution < 1.29 is 4.79 Å². The quantitative estimate of drug-likeness (QED) is 0.710. The Bertz CT molecular complexity index is 726. The molecule has 19 heavy (non-hydrogen) atoms. The van der Waals surface area contributed by atoms with Crippen LogP contribution in [0.25, 0.3) is 11.0 Å². The van der Waals surface area contributed by atoms with E-state index in [1.807, 2.05) is 42.1 Å².